The van der Waals surface area contributed by atoms with Gasteiger partial charge in [-0.25, -0.2) is 9.97 Å². The molecule has 20 heteroatoms. The van der Waals surface area contributed by atoms with Gasteiger partial charge in [-0.15, -0.1) is 0 Å². The number of carboxylic acid groups (broad SMARTS) is 1. The molecule has 0 aliphatic carbocycles. The van der Waals surface area contributed by atoms with Gasteiger partial charge >= 0.3 is 11.9 Å². The number of ether oxygens (including phenoxy) is 3. The smallest absolute Gasteiger partial charge is 0.305 e. The van der Waals surface area contributed by atoms with Crippen LogP contribution in [0.2, 0.25) is 0 Å². The van der Waals surface area contributed by atoms with Crippen LogP contribution in [0.4, 0.5) is 23.3 Å². The van der Waals surface area contributed by atoms with Gasteiger partial charge in [0, 0.05) is 101 Å². The van der Waals surface area contributed by atoms with Crippen molar-refractivity contribution in [2.24, 2.45) is 0 Å². The SMILES string of the molecule is CCOC(=O)CCCN(Cc1ccc2nc(NCCCN3CCOCC3)n(Cc3nc(C)ccc3O)c2c1)c1cc(C)cc(C)c1.Cc1cc(C)cc(N(CCCC(=O)O)Cc2ccc3nc(NCCCN4CCOCC4)n(Cc4nc(C)ccc4O)c3c2)c1. The molecule has 0 atom stereocenters. The fraction of sp³-hybridized carbons (Fsp3) is 0.457. The van der Waals surface area contributed by atoms with E-state index in [2.05, 4.69) is 144 Å². The number of carboxylic acids is 1. The topological polar surface area (TPSA) is 221 Å². The molecule has 90 heavy (non-hydrogen) atoms. The molecule has 0 bridgehead atoms. The number of anilines is 4. The number of carbonyl (C=O) groups is 2. The molecule has 0 unspecified atom stereocenters. The first-order valence-corrected chi connectivity index (χ1v) is 31.9. The van der Waals surface area contributed by atoms with Crippen LogP contribution in [-0.4, -0.2) is 165 Å². The van der Waals surface area contributed by atoms with Crippen molar-refractivity contribution in [3.8, 4) is 11.5 Å². The van der Waals surface area contributed by atoms with E-state index in [0.717, 1.165) is 166 Å². The van der Waals surface area contributed by atoms with Crippen molar-refractivity contribution in [2.75, 3.05) is 119 Å². The van der Waals surface area contributed by atoms with Crippen molar-refractivity contribution < 1.29 is 39.1 Å². The summed E-state index contributed by atoms with van der Waals surface area (Å²) < 4.78 is 20.4. The lowest BCUT2D eigenvalue weighted by Gasteiger charge is -2.26. The van der Waals surface area contributed by atoms with Gasteiger partial charge in [0.15, 0.2) is 0 Å². The summed E-state index contributed by atoms with van der Waals surface area (Å²) in [6.45, 7) is 28.5. The minimum absolute atomic E-state index is 0.126. The minimum Gasteiger partial charge on any atom is -0.506 e. The molecule has 6 heterocycles. The van der Waals surface area contributed by atoms with E-state index in [1.807, 2.05) is 32.9 Å². The molecule has 480 valence electrons. The highest BCUT2D eigenvalue weighted by Crippen LogP contribution is 2.30. The maximum Gasteiger partial charge on any atom is 0.305 e. The number of esters is 1. The molecular formula is C70H92N12O8. The van der Waals surface area contributed by atoms with Gasteiger partial charge in [-0.3, -0.25) is 29.4 Å². The van der Waals surface area contributed by atoms with Crippen molar-refractivity contribution >= 4 is 57.3 Å². The molecule has 0 amide bonds. The first kappa shape index (κ1) is 66.1. The van der Waals surface area contributed by atoms with Gasteiger partial charge in [0.25, 0.3) is 0 Å². The standard InChI is InChI=1S/C36H48N6O4.C34H44N6O4/c1-5-46-35(44)8-6-15-41(30-21-26(2)20-27(3)22-30)24-29-10-11-31-33(23-29)42(25-32-34(43)12-9-28(4)38-32)36(39-31)37-13-7-14-40-16-18-45-19-17-40;1-24-18-25(2)20-28(19-24)39(13-4-6-33(42)43)22-27-8-9-29-31(21-27)40(23-30-32(41)10-7-26(3)36-30)34(37-29)35-11-5-12-38-14-16-44-17-15-38/h9-12,20-23,43H,5-8,13-19,24-25H2,1-4H3,(H,37,39);7-10,18-21,41H,4-6,11-17,22-23H2,1-3H3,(H,35,37)(H,42,43). The van der Waals surface area contributed by atoms with Crippen molar-refractivity contribution in [1.29, 1.82) is 0 Å². The highest BCUT2D eigenvalue weighted by molar-refractivity contribution is 5.81. The first-order chi connectivity index (χ1) is 43.5. The zero-order chi connectivity index (χ0) is 63.5. The molecule has 20 nitrogen and oxygen atoms in total. The zero-order valence-corrected chi connectivity index (χ0v) is 53.8. The number of morpholine rings is 2. The Morgan fingerprint density at radius 2 is 0.967 bits per heavy atom. The monoisotopic (exact) mass is 1230 g/mol. The summed E-state index contributed by atoms with van der Waals surface area (Å²) >= 11 is 0. The predicted molar refractivity (Wildman–Crippen MR) is 356 cm³/mol. The number of aliphatic carboxylic acids is 1. The maximum atomic E-state index is 12.1. The predicted octanol–water partition coefficient (Wildman–Crippen LogP) is 10.7. The quantitative estimate of drug-likeness (QED) is 0.0217. The van der Waals surface area contributed by atoms with Crippen LogP contribution in [0.3, 0.4) is 0 Å². The molecule has 4 aromatic heterocycles. The number of nitrogens with one attached hydrogen (secondary N) is 2. The average molecular weight is 1230 g/mol. The van der Waals surface area contributed by atoms with Crippen LogP contribution in [0.1, 0.15) is 102 Å². The molecule has 2 fully saturated rings. The van der Waals surface area contributed by atoms with E-state index in [4.69, 9.17) is 24.2 Å². The lowest BCUT2D eigenvalue weighted by atomic mass is 10.1. The summed E-state index contributed by atoms with van der Waals surface area (Å²) in [4.78, 5) is 52.0. The summed E-state index contributed by atoms with van der Waals surface area (Å²) in [5.74, 6) is 0.891. The van der Waals surface area contributed by atoms with Gasteiger partial charge in [-0.2, -0.15) is 0 Å². The summed E-state index contributed by atoms with van der Waals surface area (Å²) in [7, 11) is 0. The Labute approximate surface area is 529 Å². The molecule has 8 aromatic rings. The molecule has 10 rings (SSSR count). The van der Waals surface area contributed by atoms with Crippen LogP contribution >= 0.6 is 0 Å². The van der Waals surface area contributed by atoms with E-state index in [0.29, 0.717) is 70.0 Å². The van der Waals surface area contributed by atoms with Gasteiger partial charge in [-0.05, 0) is 193 Å². The average Bonchev–Trinajstić information content (AvgIpc) is 1.75. The van der Waals surface area contributed by atoms with Crippen LogP contribution < -0.4 is 20.4 Å². The molecule has 4 aromatic carbocycles. The number of hydrogen-bond donors (Lipinski definition) is 5. The van der Waals surface area contributed by atoms with Gasteiger partial charge in [0.05, 0.1) is 68.2 Å². The lowest BCUT2D eigenvalue weighted by Crippen LogP contribution is -2.37. The van der Waals surface area contributed by atoms with Gasteiger partial charge in [0.1, 0.15) is 22.9 Å². The van der Waals surface area contributed by atoms with Crippen LogP contribution in [-0.2, 0) is 50.0 Å². The summed E-state index contributed by atoms with van der Waals surface area (Å²) in [6, 6.07) is 32.7. The zero-order valence-electron chi connectivity index (χ0n) is 53.8. The molecule has 2 aliphatic rings. The summed E-state index contributed by atoms with van der Waals surface area (Å²) in [5.41, 5.74) is 15.7. The number of fused-ring (bicyclic) bond motifs is 2. The Morgan fingerprint density at radius 3 is 1.38 bits per heavy atom. The number of benzene rings is 4. The van der Waals surface area contributed by atoms with Crippen LogP contribution in [0, 0.1) is 41.5 Å². The number of aromatic hydroxyl groups is 2. The van der Waals surface area contributed by atoms with E-state index < -0.39 is 5.97 Å². The molecular weight excluding hydrogens is 1140 g/mol. The van der Waals surface area contributed by atoms with E-state index in [-0.39, 0.29) is 23.9 Å². The Hall–Kier alpha value is -8.30. The number of pyridine rings is 2. The minimum atomic E-state index is -0.784. The van der Waals surface area contributed by atoms with Crippen LogP contribution in [0.25, 0.3) is 22.1 Å². The Bertz CT molecular complexity index is 3630. The van der Waals surface area contributed by atoms with E-state index in [9.17, 15) is 24.9 Å². The summed E-state index contributed by atoms with van der Waals surface area (Å²) in [6.07, 6.45) is 3.72. The Kier molecular flexibility index (Phi) is 23.8. The Balaban J connectivity index is 0.000000214. The second kappa shape index (κ2) is 32.4. The van der Waals surface area contributed by atoms with Gasteiger partial charge < -0.3 is 59.1 Å². The number of aromatic nitrogens is 6. The number of aryl methyl sites for hydroxylation is 6. The van der Waals surface area contributed by atoms with Crippen molar-refractivity contribution in [3.05, 3.63) is 153 Å². The maximum absolute atomic E-state index is 12.1. The van der Waals surface area contributed by atoms with Crippen molar-refractivity contribution in [3.63, 3.8) is 0 Å². The number of nitrogens with zero attached hydrogens (tertiary/aromatic N) is 10. The van der Waals surface area contributed by atoms with E-state index in [1.165, 1.54) is 22.3 Å². The van der Waals surface area contributed by atoms with E-state index in [1.54, 1.807) is 18.2 Å². The molecule has 2 saturated heterocycles. The third kappa shape index (κ3) is 19.1. The highest BCUT2D eigenvalue weighted by Gasteiger charge is 2.21. The normalized spacial score (nSPS) is 13.7. The molecule has 5 N–H and O–H groups in total. The second-order valence-electron chi connectivity index (χ2n) is 23.9. The fourth-order valence-electron chi connectivity index (χ4n) is 11.9. The van der Waals surface area contributed by atoms with Crippen LogP contribution in [0.15, 0.2) is 97.1 Å². The molecule has 2 aliphatic heterocycles. The van der Waals surface area contributed by atoms with Crippen molar-refractivity contribution in [2.45, 2.75) is 113 Å². The van der Waals surface area contributed by atoms with Crippen LogP contribution in [0.5, 0.6) is 11.5 Å². The largest absolute Gasteiger partial charge is 0.506 e. The van der Waals surface area contributed by atoms with Crippen molar-refractivity contribution in [1.82, 2.24) is 38.9 Å². The third-order valence-electron chi connectivity index (χ3n) is 16.3. The van der Waals surface area contributed by atoms with Gasteiger partial charge in [0.2, 0.25) is 11.9 Å². The number of hydrogen-bond acceptors (Lipinski definition) is 17. The summed E-state index contributed by atoms with van der Waals surface area (Å²) in [5, 5.41) is 37.7. The second-order valence-corrected chi connectivity index (χ2v) is 23.9. The number of carbonyl (C=O) groups excluding carboxylic acids is 1. The molecule has 0 spiro atoms. The number of imidazole rings is 2. The Morgan fingerprint density at radius 1 is 0.544 bits per heavy atom. The molecule has 0 radical (unpaired) electrons. The third-order valence-corrected chi connectivity index (χ3v) is 16.3. The number of rotatable bonds is 29. The molecule has 0 saturated carbocycles. The van der Waals surface area contributed by atoms with Gasteiger partial charge in [-0.1, -0.05) is 24.3 Å². The van der Waals surface area contributed by atoms with E-state index >= 15 is 0 Å². The highest BCUT2D eigenvalue weighted by atomic mass is 16.5. The lowest BCUT2D eigenvalue weighted by molar-refractivity contribution is -0.143. The first-order valence-electron chi connectivity index (χ1n) is 31.9. The fourth-order valence-corrected chi connectivity index (χ4v) is 11.9.